The van der Waals surface area contributed by atoms with E-state index in [0.717, 1.165) is 22.5 Å². The van der Waals surface area contributed by atoms with E-state index in [2.05, 4.69) is 0 Å². The lowest BCUT2D eigenvalue weighted by atomic mass is 10.0. The van der Waals surface area contributed by atoms with E-state index in [9.17, 15) is 8.42 Å². The average molecular weight is 468 g/mol. The zero-order chi connectivity index (χ0) is 21.3. The van der Waals surface area contributed by atoms with Gasteiger partial charge < -0.3 is 4.74 Å². The number of morpholine rings is 1. The molecule has 1 aromatic heterocycles. The maximum atomic E-state index is 13.1. The lowest BCUT2D eigenvalue weighted by Gasteiger charge is -2.26. The first-order valence-corrected chi connectivity index (χ1v) is 11.6. The second kappa shape index (κ2) is 9.34. The molecule has 1 aliphatic rings. The van der Waals surface area contributed by atoms with Crippen LogP contribution in [-0.2, 0) is 14.8 Å². The third-order valence-corrected chi connectivity index (χ3v) is 7.23. The van der Waals surface area contributed by atoms with Gasteiger partial charge in [-0.2, -0.15) is 4.31 Å². The molecule has 32 heavy (non-hydrogen) atoms. The van der Waals surface area contributed by atoms with E-state index < -0.39 is 10.0 Å². The number of hydrogen-bond donors (Lipinski definition) is 0. The van der Waals surface area contributed by atoms with Gasteiger partial charge in [0.25, 0.3) is 0 Å². The molecule has 0 saturated carbocycles. The van der Waals surface area contributed by atoms with Gasteiger partial charge in [0.15, 0.2) is 0 Å². The molecule has 3 aromatic carbocycles. The van der Waals surface area contributed by atoms with Gasteiger partial charge in [-0.05, 0) is 18.2 Å². The monoisotopic (exact) mass is 467 g/mol. The van der Waals surface area contributed by atoms with Crippen LogP contribution >= 0.6 is 12.4 Å². The molecule has 0 atom stereocenters. The van der Waals surface area contributed by atoms with Crippen molar-refractivity contribution in [2.75, 3.05) is 26.3 Å². The fraction of sp³-hybridized carbons (Fsp3) is 0.167. The number of hydrogen-bond acceptors (Lipinski definition) is 5. The lowest BCUT2D eigenvalue weighted by molar-refractivity contribution is 0.0730. The zero-order valence-electron chi connectivity index (χ0n) is 17.2. The molecule has 0 aliphatic carbocycles. The van der Waals surface area contributed by atoms with E-state index in [1.54, 1.807) is 18.2 Å². The molecule has 2 heterocycles. The smallest absolute Gasteiger partial charge is 0.243 e. The number of rotatable bonds is 4. The molecule has 164 valence electrons. The summed E-state index contributed by atoms with van der Waals surface area (Å²) in [7, 11) is -3.61. The molecule has 8 heteroatoms. The summed E-state index contributed by atoms with van der Waals surface area (Å²) in [4.78, 5) is 9.96. The molecule has 1 saturated heterocycles. The van der Waals surface area contributed by atoms with Gasteiger partial charge in [-0.3, -0.25) is 0 Å². The van der Waals surface area contributed by atoms with Crippen molar-refractivity contribution >= 4 is 33.5 Å². The molecule has 6 nitrogen and oxygen atoms in total. The average Bonchev–Trinajstić information content (AvgIpc) is 2.84. The second-order valence-electron chi connectivity index (χ2n) is 7.32. The number of halogens is 1. The molecule has 0 amide bonds. The molecule has 1 fully saturated rings. The normalized spacial score (nSPS) is 14.8. The zero-order valence-corrected chi connectivity index (χ0v) is 18.8. The summed E-state index contributed by atoms with van der Waals surface area (Å²) in [5, 5.41) is 0. The van der Waals surface area contributed by atoms with Gasteiger partial charge in [0.1, 0.15) is 0 Å². The highest BCUT2D eigenvalue weighted by Crippen LogP contribution is 2.31. The summed E-state index contributed by atoms with van der Waals surface area (Å²) in [5.41, 5.74) is 4.58. The Kier molecular flexibility index (Phi) is 6.53. The van der Waals surface area contributed by atoms with Crippen molar-refractivity contribution in [3.8, 4) is 22.5 Å². The van der Waals surface area contributed by atoms with Crippen LogP contribution in [0.15, 0.2) is 83.8 Å². The van der Waals surface area contributed by atoms with Gasteiger partial charge in [0.2, 0.25) is 10.0 Å². The van der Waals surface area contributed by atoms with Crippen molar-refractivity contribution < 1.29 is 13.2 Å². The maximum absolute atomic E-state index is 13.1. The molecule has 5 rings (SSSR count). The molecule has 0 spiro atoms. The Morgan fingerprint density at radius 3 is 1.81 bits per heavy atom. The molecular formula is C24H22ClN3O3S. The molecule has 0 bridgehead atoms. The van der Waals surface area contributed by atoms with Crippen LogP contribution in [-0.4, -0.2) is 49.0 Å². The number of fused-ring (bicyclic) bond motifs is 1. The summed E-state index contributed by atoms with van der Waals surface area (Å²) in [5.74, 6) is 0. The lowest BCUT2D eigenvalue weighted by Crippen LogP contribution is -2.40. The number of ether oxygens (including phenoxy) is 1. The Hall–Kier alpha value is -2.84. The summed E-state index contributed by atoms with van der Waals surface area (Å²) in [6.45, 7) is 1.53. The van der Waals surface area contributed by atoms with Gasteiger partial charge in [0, 0.05) is 24.2 Å². The van der Waals surface area contributed by atoms with Gasteiger partial charge in [-0.25, -0.2) is 18.4 Å². The topological polar surface area (TPSA) is 72.4 Å². The first-order valence-electron chi connectivity index (χ1n) is 10.1. The van der Waals surface area contributed by atoms with E-state index >= 15 is 0 Å². The maximum Gasteiger partial charge on any atom is 0.243 e. The summed E-state index contributed by atoms with van der Waals surface area (Å²) in [6, 6.07) is 24.7. The minimum atomic E-state index is -3.61. The Bertz CT molecular complexity index is 1330. The molecule has 4 aromatic rings. The van der Waals surface area contributed by atoms with Crippen LogP contribution in [0.1, 0.15) is 0 Å². The Morgan fingerprint density at radius 1 is 0.719 bits per heavy atom. The highest BCUT2D eigenvalue weighted by atomic mass is 35.5. The summed E-state index contributed by atoms with van der Waals surface area (Å²) < 4.78 is 32.9. The third-order valence-electron chi connectivity index (χ3n) is 5.34. The van der Waals surface area contributed by atoms with E-state index in [-0.39, 0.29) is 17.3 Å². The molecular weight excluding hydrogens is 446 g/mol. The van der Waals surface area contributed by atoms with Crippen LogP contribution in [0.2, 0.25) is 0 Å². The van der Waals surface area contributed by atoms with Crippen molar-refractivity contribution in [1.82, 2.24) is 14.3 Å². The largest absolute Gasteiger partial charge is 0.379 e. The van der Waals surface area contributed by atoms with Crippen LogP contribution in [0.3, 0.4) is 0 Å². The van der Waals surface area contributed by atoms with Crippen molar-refractivity contribution in [2.24, 2.45) is 0 Å². The van der Waals surface area contributed by atoms with E-state index in [1.807, 2.05) is 60.7 Å². The second-order valence-corrected chi connectivity index (χ2v) is 9.26. The fourth-order valence-electron chi connectivity index (χ4n) is 3.73. The number of benzene rings is 3. The van der Waals surface area contributed by atoms with Crippen molar-refractivity contribution in [3.63, 3.8) is 0 Å². The summed E-state index contributed by atoms with van der Waals surface area (Å²) in [6.07, 6.45) is 0. The van der Waals surface area contributed by atoms with Gasteiger partial charge in [-0.1, -0.05) is 60.7 Å². The van der Waals surface area contributed by atoms with Crippen LogP contribution in [0.5, 0.6) is 0 Å². The van der Waals surface area contributed by atoms with Crippen LogP contribution in [0, 0.1) is 0 Å². The Labute approximate surface area is 193 Å². The van der Waals surface area contributed by atoms with Crippen molar-refractivity contribution in [3.05, 3.63) is 78.9 Å². The number of sulfonamides is 1. The minimum absolute atomic E-state index is 0. The summed E-state index contributed by atoms with van der Waals surface area (Å²) >= 11 is 0. The highest BCUT2D eigenvalue weighted by Gasteiger charge is 2.27. The quantitative estimate of drug-likeness (QED) is 0.444. The standard InChI is InChI=1S/C24H21N3O3S.ClH/c28-31(29,27-13-15-30-16-14-27)20-11-12-21-22(17-20)26-24(19-9-5-2-6-10-19)23(25-21)18-7-3-1-4-8-18;/h1-12,17H,13-16H2;1H. The molecule has 0 N–H and O–H groups in total. The van der Waals surface area contributed by atoms with Crippen LogP contribution < -0.4 is 0 Å². The first-order chi connectivity index (χ1) is 15.1. The van der Waals surface area contributed by atoms with Gasteiger partial charge in [-0.15, -0.1) is 12.4 Å². The highest BCUT2D eigenvalue weighted by molar-refractivity contribution is 7.89. The predicted molar refractivity (Wildman–Crippen MR) is 127 cm³/mol. The first kappa shape index (κ1) is 22.4. The van der Waals surface area contributed by atoms with E-state index in [1.165, 1.54) is 4.31 Å². The molecule has 0 radical (unpaired) electrons. The van der Waals surface area contributed by atoms with E-state index in [4.69, 9.17) is 14.7 Å². The third kappa shape index (κ3) is 4.25. The van der Waals surface area contributed by atoms with Gasteiger partial charge in [0.05, 0.1) is 40.5 Å². The SMILES string of the molecule is Cl.O=S(=O)(c1ccc2nc(-c3ccccc3)c(-c3ccccc3)nc2c1)N1CCOCC1. The molecule has 1 aliphatic heterocycles. The van der Waals surface area contributed by atoms with Crippen LogP contribution in [0.4, 0.5) is 0 Å². The van der Waals surface area contributed by atoms with Crippen LogP contribution in [0.25, 0.3) is 33.5 Å². The fourth-order valence-corrected chi connectivity index (χ4v) is 5.15. The Morgan fingerprint density at radius 2 is 1.25 bits per heavy atom. The molecule has 0 unspecified atom stereocenters. The minimum Gasteiger partial charge on any atom is -0.379 e. The van der Waals surface area contributed by atoms with Gasteiger partial charge >= 0.3 is 0 Å². The Balaban J connectivity index is 0.00000245. The number of aromatic nitrogens is 2. The van der Waals surface area contributed by atoms with Crippen molar-refractivity contribution in [1.29, 1.82) is 0 Å². The van der Waals surface area contributed by atoms with Crippen molar-refractivity contribution in [2.45, 2.75) is 4.90 Å². The predicted octanol–water partition coefficient (Wildman–Crippen LogP) is 4.41. The number of nitrogens with zero attached hydrogens (tertiary/aromatic N) is 3. The van der Waals surface area contributed by atoms with E-state index in [0.29, 0.717) is 37.3 Å².